The van der Waals surface area contributed by atoms with Gasteiger partial charge in [0, 0.05) is 31.5 Å². The zero-order valence-corrected chi connectivity index (χ0v) is 11.4. The molecule has 1 aromatic heterocycles. The normalized spacial score (nSPS) is 24.1. The van der Waals surface area contributed by atoms with Crippen LogP contribution < -0.4 is 5.73 Å². The molecule has 1 fully saturated rings. The summed E-state index contributed by atoms with van der Waals surface area (Å²) in [6.45, 7) is 4.36. The molecule has 3 atom stereocenters. The van der Waals surface area contributed by atoms with Crippen LogP contribution in [-0.2, 0) is 4.74 Å². The molecule has 2 rings (SSSR count). The first kappa shape index (κ1) is 14.4. The summed E-state index contributed by atoms with van der Waals surface area (Å²) in [6.07, 6.45) is 4.40. The minimum Gasteiger partial charge on any atom is -0.394 e. The maximum atomic E-state index is 9.26. The molecule has 0 bridgehead atoms. The molecule has 0 aliphatic carbocycles. The molecule has 3 N–H and O–H groups in total. The van der Waals surface area contributed by atoms with Gasteiger partial charge in [0.15, 0.2) is 0 Å². The first-order chi connectivity index (χ1) is 9.26. The second-order valence-corrected chi connectivity index (χ2v) is 4.97. The monoisotopic (exact) mass is 265 g/mol. The van der Waals surface area contributed by atoms with Gasteiger partial charge in [0.2, 0.25) is 0 Å². The largest absolute Gasteiger partial charge is 0.394 e. The lowest BCUT2D eigenvalue weighted by molar-refractivity contribution is -0.0682. The Balaban J connectivity index is 2.18. The van der Waals surface area contributed by atoms with Crippen LogP contribution >= 0.6 is 0 Å². The van der Waals surface area contributed by atoms with Crippen molar-refractivity contribution in [3.8, 4) is 0 Å². The second kappa shape index (κ2) is 6.96. The van der Waals surface area contributed by atoms with Gasteiger partial charge in [-0.05, 0) is 24.1 Å². The summed E-state index contributed by atoms with van der Waals surface area (Å²) in [4.78, 5) is 6.38. The van der Waals surface area contributed by atoms with Gasteiger partial charge in [0.25, 0.3) is 0 Å². The van der Waals surface area contributed by atoms with Gasteiger partial charge in [0.1, 0.15) is 0 Å². The van der Waals surface area contributed by atoms with Gasteiger partial charge >= 0.3 is 0 Å². The SMILES string of the molecule is CCC(N)C(c1ccncc1)N1CCOC(CO)C1. The van der Waals surface area contributed by atoms with Crippen LogP contribution in [0.4, 0.5) is 0 Å². The quantitative estimate of drug-likeness (QED) is 0.813. The van der Waals surface area contributed by atoms with Crippen molar-refractivity contribution in [1.82, 2.24) is 9.88 Å². The van der Waals surface area contributed by atoms with E-state index in [-0.39, 0.29) is 24.8 Å². The molecule has 0 aromatic carbocycles. The standard InChI is InChI=1S/C14H23N3O2/c1-2-13(15)14(11-3-5-16-6-4-11)17-7-8-19-12(9-17)10-18/h3-6,12-14,18H,2,7-10,15H2,1H3. The number of aliphatic hydroxyl groups is 1. The van der Waals surface area contributed by atoms with Crippen LogP contribution in [0.5, 0.6) is 0 Å². The van der Waals surface area contributed by atoms with Crippen molar-refractivity contribution in [2.45, 2.75) is 31.5 Å². The van der Waals surface area contributed by atoms with Crippen molar-refractivity contribution >= 4 is 0 Å². The Morgan fingerprint density at radius 1 is 1.53 bits per heavy atom. The molecule has 19 heavy (non-hydrogen) atoms. The number of rotatable bonds is 5. The fourth-order valence-electron chi connectivity index (χ4n) is 2.62. The Kier molecular flexibility index (Phi) is 5.27. The zero-order valence-electron chi connectivity index (χ0n) is 11.4. The number of nitrogens with zero attached hydrogens (tertiary/aromatic N) is 2. The molecule has 3 unspecified atom stereocenters. The van der Waals surface area contributed by atoms with E-state index in [1.807, 2.05) is 12.1 Å². The first-order valence-corrected chi connectivity index (χ1v) is 6.88. The number of morpholine rings is 1. The van der Waals surface area contributed by atoms with E-state index in [9.17, 15) is 5.11 Å². The summed E-state index contributed by atoms with van der Waals surface area (Å²) < 4.78 is 5.51. The molecule has 0 spiro atoms. The van der Waals surface area contributed by atoms with Crippen molar-refractivity contribution < 1.29 is 9.84 Å². The molecule has 0 saturated carbocycles. The van der Waals surface area contributed by atoms with Crippen molar-refractivity contribution in [1.29, 1.82) is 0 Å². The molecule has 5 nitrogen and oxygen atoms in total. The number of hydrogen-bond donors (Lipinski definition) is 2. The Labute approximate surface area is 114 Å². The zero-order chi connectivity index (χ0) is 13.7. The summed E-state index contributed by atoms with van der Waals surface area (Å²) in [6, 6.07) is 4.26. The van der Waals surface area contributed by atoms with Gasteiger partial charge in [0.05, 0.1) is 25.4 Å². The molecule has 5 heteroatoms. The van der Waals surface area contributed by atoms with Crippen LogP contribution in [0.2, 0.25) is 0 Å². The van der Waals surface area contributed by atoms with Gasteiger partial charge in [-0.2, -0.15) is 0 Å². The summed E-state index contributed by atoms with van der Waals surface area (Å²) in [5.74, 6) is 0. The molecule has 106 valence electrons. The number of ether oxygens (including phenoxy) is 1. The molecule has 1 aliphatic rings. The summed E-state index contributed by atoms with van der Waals surface area (Å²) in [7, 11) is 0. The first-order valence-electron chi connectivity index (χ1n) is 6.88. The van der Waals surface area contributed by atoms with Crippen LogP contribution in [0.25, 0.3) is 0 Å². The van der Waals surface area contributed by atoms with Crippen LogP contribution in [0.15, 0.2) is 24.5 Å². The number of pyridine rings is 1. The van der Waals surface area contributed by atoms with E-state index in [1.165, 1.54) is 5.56 Å². The van der Waals surface area contributed by atoms with E-state index in [2.05, 4.69) is 16.8 Å². The summed E-state index contributed by atoms with van der Waals surface area (Å²) in [5.41, 5.74) is 7.48. The minimum atomic E-state index is -0.109. The van der Waals surface area contributed by atoms with Gasteiger partial charge in [-0.3, -0.25) is 9.88 Å². The summed E-state index contributed by atoms with van der Waals surface area (Å²) >= 11 is 0. The topological polar surface area (TPSA) is 71.6 Å². The number of hydrogen-bond acceptors (Lipinski definition) is 5. The molecule has 1 aliphatic heterocycles. The fourth-order valence-corrected chi connectivity index (χ4v) is 2.62. The van der Waals surface area contributed by atoms with Gasteiger partial charge in [-0.25, -0.2) is 0 Å². The predicted molar refractivity (Wildman–Crippen MR) is 73.6 cm³/mol. The average Bonchev–Trinajstić information content (AvgIpc) is 2.48. The molecule has 0 radical (unpaired) electrons. The molecule has 2 heterocycles. The van der Waals surface area contributed by atoms with Gasteiger partial charge < -0.3 is 15.6 Å². The molecule has 1 aromatic rings. The lowest BCUT2D eigenvalue weighted by Crippen LogP contribution is -2.50. The highest BCUT2D eigenvalue weighted by Crippen LogP contribution is 2.26. The Morgan fingerprint density at radius 2 is 2.26 bits per heavy atom. The number of nitrogens with two attached hydrogens (primary N) is 1. The van der Waals surface area contributed by atoms with Crippen molar-refractivity contribution in [3.63, 3.8) is 0 Å². The van der Waals surface area contributed by atoms with Crippen molar-refractivity contribution in [2.75, 3.05) is 26.3 Å². The van der Waals surface area contributed by atoms with Crippen LogP contribution in [0.3, 0.4) is 0 Å². The third-order valence-corrected chi connectivity index (χ3v) is 3.69. The van der Waals surface area contributed by atoms with Crippen LogP contribution in [-0.4, -0.2) is 53.4 Å². The second-order valence-electron chi connectivity index (χ2n) is 4.97. The molecule has 1 saturated heterocycles. The van der Waals surface area contributed by atoms with Crippen LogP contribution in [0.1, 0.15) is 24.9 Å². The van der Waals surface area contributed by atoms with Gasteiger partial charge in [-0.1, -0.05) is 6.92 Å². The van der Waals surface area contributed by atoms with E-state index in [0.717, 1.165) is 19.5 Å². The third kappa shape index (κ3) is 3.51. The van der Waals surface area contributed by atoms with Crippen molar-refractivity contribution in [3.05, 3.63) is 30.1 Å². The smallest absolute Gasteiger partial charge is 0.0933 e. The fraction of sp³-hybridized carbons (Fsp3) is 0.643. The van der Waals surface area contributed by atoms with E-state index in [0.29, 0.717) is 6.61 Å². The maximum absolute atomic E-state index is 9.26. The minimum absolute atomic E-state index is 0.0565. The Hall–Kier alpha value is -1.01. The summed E-state index contributed by atoms with van der Waals surface area (Å²) in [5, 5.41) is 9.26. The molecule has 0 amide bonds. The lowest BCUT2D eigenvalue weighted by atomic mass is 9.96. The number of aliphatic hydroxyl groups excluding tert-OH is 1. The Bertz CT molecular complexity index is 374. The average molecular weight is 265 g/mol. The van der Waals surface area contributed by atoms with E-state index in [4.69, 9.17) is 10.5 Å². The highest BCUT2D eigenvalue weighted by molar-refractivity contribution is 5.17. The Morgan fingerprint density at radius 3 is 2.89 bits per heavy atom. The number of aromatic nitrogens is 1. The maximum Gasteiger partial charge on any atom is 0.0933 e. The molecular weight excluding hydrogens is 242 g/mol. The van der Waals surface area contributed by atoms with E-state index >= 15 is 0 Å². The highest BCUT2D eigenvalue weighted by atomic mass is 16.5. The van der Waals surface area contributed by atoms with Gasteiger partial charge in [-0.15, -0.1) is 0 Å². The molecular formula is C14H23N3O2. The third-order valence-electron chi connectivity index (χ3n) is 3.69. The predicted octanol–water partition coefficient (Wildman–Crippen LogP) is 0.553. The van der Waals surface area contributed by atoms with Crippen molar-refractivity contribution in [2.24, 2.45) is 5.73 Å². The van der Waals surface area contributed by atoms with Crippen LogP contribution in [0, 0.1) is 0 Å². The highest BCUT2D eigenvalue weighted by Gasteiger charge is 2.30. The lowest BCUT2D eigenvalue weighted by Gasteiger charge is -2.40. The van der Waals surface area contributed by atoms with E-state index < -0.39 is 0 Å². The van der Waals surface area contributed by atoms with E-state index in [1.54, 1.807) is 12.4 Å².